The van der Waals surface area contributed by atoms with Gasteiger partial charge < -0.3 is 4.52 Å². The molecule has 2 aromatic carbocycles. The highest BCUT2D eigenvalue weighted by Gasteiger charge is 2.33. The molecule has 0 atom stereocenters. The molecule has 1 heterocycles. The van der Waals surface area contributed by atoms with Crippen molar-refractivity contribution in [2.24, 2.45) is 0 Å². The Bertz CT molecular complexity index is 920. The molecule has 1 amide bonds. The average Bonchev–Trinajstić information content (AvgIpc) is 3.06. The third-order valence-electron chi connectivity index (χ3n) is 3.46. The van der Waals surface area contributed by atoms with Gasteiger partial charge in [-0.25, -0.2) is 0 Å². The van der Waals surface area contributed by atoms with Gasteiger partial charge in [-0.15, -0.1) is 0 Å². The van der Waals surface area contributed by atoms with E-state index in [1.165, 1.54) is 30.3 Å². The SMILES string of the molecule is Cc1noc(-c2ccc(C(=O)NNc3ccccc3C(F)(F)F)cc2)n1. The number of amides is 1. The van der Waals surface area contributed by atoms with Gasteiger partial charge in [-0.3, -0.25) is 15.6 Å². The van der Waals surface area contributed by atoms with Gasteiger partial charge >= 0.3 is 6.18 Å². The number of nitrogens with one attached hydrogen (secondary N) is 2. The molecule has 1 aromatic heterocycles. The lowest BCUT2D eigenvalue weighted by atomic mass is 10.1. The standard InChI is InChI=1S/C17H13F3N4O2/c1-10-21-16(26-24-10)12-8-6-11(7-9-12)15(25)23-22-14-5-3-2-4-13(14)17(18,19)20/h2-9,22H,1H3,(H,23,25). The van der Waals surface area contributed by atoms with Crippen LogP contribution in [0, 0.1) is 6.92 Å². The van der Waals surface area contributed by atoms with Gasteiger partial charge in [-0.05, 0) is 43.3 Å². The summed E-state index contributed by atoms with van der Waals surface area (Å²) in [7, 11) is 0. The van der Waals surface area contributed by atoms with Crippen molar-refractivity contribution in [3.8, 4) is 11.5 Å². The Kier molecular flexibility index (Phi) is 4.61. The molecule has 0 aliphatic carbocycles. The van der Waals surface area contributed by atoms with E-state index >= 15 is 0 Å². The Balaban J connectivity index is 1.70. The zero-order valence-electron chi connectivity index (χ0n) is 13.5. The minimum Gasteiger partial charge on any atom is -0.334 e. The van der Waals surface area contributed by atoms with E-state index in [-0.39, 0.29) is 11.3 Å². The van der Waals surface area contributed by atoms with E-state index in [1.807, 2.05) is 0 Å². The average molecular weight is 362 g/mol. The molecule has 3 rings (SSSR count). The van der Waals surface area contributed by atoms with Crippen LogP contribution in [0.25, 0.3) is 11.5 Å². The first-order valence-electron chi connectivity index (χ1n) is 7.48. The number of hydrogen-bond donors (Lipinski definition) is 2. The molecule has 0 saturated heterocycles. The minimum absolute atomic E-state index is 0.244. The van der Waals surface area contributed by atoms with Crippen molar-refractivity contribution < 1.29 is 22.5 Å². The quantitative estimate of drug-likeness (QED) is 0.690. The molecule has 2 N–H and O–H groups in total. The lowest BCUT2D eigenvalue weighted by molar-refractivity contribution is -0.137. The van der Waals surface area contributed by atoms with Crippen LogP contribution in [0.2, 0.25) is 0 Å². The van der Waals surface area contributed by atoms with E-state index in [2.05, 4.69) is 21.0 Å². The first-order chi connectivity index (χ1) is 12.3. The van der Waals surface area contributed by atoms with E-state index in [0.29, 0.717) is 17.3 Å². The molecule has 0 unspecified atom stereocenters. The van der Waals surface area contributed by atoms with Crippen LogP contribution in [0.1, 0.15) is 21.7 Å². The molecular formula is C17H13F3N4O2. The molecule has 0 saturated carbocycles. The van der Waals surface area contributed by atoms with Gasteiger partial charge in [0.25, 0.3) is 11.8 Å². The number of aromatic nitrogens is 2. The number of hydrazine groups is 1. The summed E-state index contributed by atoms with van der Waals surface area (Å²) in [6.07, 6.45) is -4.53. The van der Waals surface area contributed by atoms with E-state index in [9.17, 15) is 18.0 Å². The largest absolute Gasteiger partial charge is 0.418 e. The maximum absolute atomic E-state index is 12.9. The van der Waals surface area contributed by atoms with Crippen LogP contribution in [0.15, 0.2) is 53.1 Å². The van der Waals surface area contributed by atoms with E-state index in [0.717, 1.165) is 6.07 Å². The zero-order chi connectivity index (χ0) is 18.7. The summed E-state index contributed by atoms with van der Waals surface area (Å²) in [6, 6.07) is 11.1. The number of anilines is 1. The smallest absolute Gasteiger partial charge is 0.334 e. The first-order valence-corrected chi connectivity index (χ1v) is 7.48. The van der Waals surface area contributed by atoms with Gasteiger partial charge in [-0.1, -0.05) is 17.3 Å². The highest BCUT2D eigenvalue weighted by Crippen LogP contribution is 2.34. The zero-order valence-corrected chi connectivity index (χ0v) is 13.5. The third kappa shape index (κ3) is 3.82. The number of aryl methyl sites for hydroxylation is 1. The van der Waals surface area contributed by atoms with Crippen LogP contribution in [-0.4, -0.2) is 16.0 Å². The summed E-state index contributed by atoms with van der Waals surface area (Å²) in [5.74, 6) is 0.205. The number of para-hydroxylation sites is 1. The Morgan fingerprint density at radius 1 is 1.08 bits per heavy atom. The van der Waals surface area contributed by atoms with Gasteiger partial charge in [0.05, 0.1) is 11.3 Å². The van der Waals surface area contributed by atoms with Crippen molar-refractivity contribution >= 4 is 11.6 Å². The molecule has 6 nitrogen and oxygen atoms in total. The number of hydrogen-bond acceptors (Lipinski definition) is 5. The molecule has 134 valence electrons. The summed E-state index contributed by atoms with van der Waals surface area (Å²) >= 11 is 0. The Labute approximate surface area is 146 Å². The van der Waals surface area contributed by atoms with Gasteiger partial charge in [0, 0.05) is 11.1 Å². The Hall–Kier alpha value is -3.36. The van der Waals surface area contributed by atoms with E-state index < -0.39 is 17.6 Å². The number of alkyl halides is 3. The molecule has 0 radical (unpaired) electrons. The fourth-order valence-electron chi connectivity index (χ4n) is 2.21. The molecule has 9 heteroatoms. The van der Waals surface area contributed by atoms with Crippen molar-refractivity contribution in [1.29, 1.82) is 0 Å². The second-order valence-corrected chi connectivity index (χ2v) is 5.35. The molecule has 0 spiro atoms. The molecule has 0 bridgehead atoms. The second kappa shape index (κ2) is 6.87. The predicted molar refractivity (Wildman–Crippen MR) is 87.0 cm³/mol. The summed E-state index contributed by atoms with van der Waals surface area (Å²) in [5.41, 5.74) is 4.32. The van der Waals surface area contributed by atoms with E-state index in [1.54, 1.807) is 19.1 Å². The molecular weight excluding hydrogens is 349 g/mol. The molecule has 26 heavy (non-hydrogen) atoms. The summed E-state index contributed by atoms with van der Waals surface area (Å²) in [4.78, 5) is 16.2. The molecule has 0 aliphatic rings. The summed E-state index contributed by atoms with van der Waals surface area (Å²) in [6.45, 7) is 1.68. The van der Waals surface area contributed by atoms with Crippen LogP contribution in [-0.2, 0) is 6.18 Å². The topological polar surface area (TPSA) is 80.0 Å². The van der Waals surface area contributed by atoms with Crippen LogP contribution < -0.4 is 10.9 Å². The highest BCUT2D eigenvalue weighted by atomic mass is 19.4. The molecule has 0 fully saturated rings. The highest BCUT2D eigenvalue weighted by molar-refractivity contribution is 5.95. The number of carbonyl (C=O) groups excluding carboxylic acids is 1. The minimum atomic E-state index is -4.53. The van der Waals surface area contributed by atoms with Gasteiger partial charge in [0.15, 0.2) is 5.82 Å². The number of halogens is 3. The fraction of sp³-hybridized carbons (Fsp3) is 0.118. The fourth-order valence-corrected chi connectivity index (χ4v) is 2.21. The van der Waals surface area contributed by atoms with Gasteiger partial charge in [0.2, 0.25) is 0 Å². The molecule has 3 aromatic rings. The normalized spacial score (nSPS) is 11.2. The van der Waals surface area contributed by atoms with Crippen LogP contribution in [0.4, 0.5) is 18.9 Å². The van der Waals surface area contributed by atoms with Crippen LogP contribution in [0.3, 0.4) is 0 Å². The summed E-state index contributed by atoms with van der Waals surface area (Å²) in [5, 5.41) is 3.67. The lowest BCUT2D eigenvalue weighted by Crippen LogP contribution is -2.30. The van der Waals surface area contributed by atoms with Crippen molar-refractivity contribution in [2.45, 2.75) is 13.1 Å². The van der Waals surface area contributed by atoms with Crippen molar-refractivity contribution in [1.82, 2.24) is 15.6 Å². The van der Waals surface area contributed by atoms with Crippen molar-refractivity contribution in [3.05, 3.63) is 65.5 Å². The number of carbonyl (C=O) groups is 1. The Morgan fingerprint density at radius 2 is 1.77 bits per heavy atom. The maximum Gasteiger partial charge on any atom is 0.418 e. The van der Waals surface area contributed by atoms with Gasteiger partial charge in [-0.2, -0.15) is 18.2 Å². The summed E-state index contributed by atoms with van der Waals surface area (Å²) < 4.78 is 43.8. The van der Waals surface area contributed by atoms with Crippen molar-refractivity contribution in [2.75, 3.05) is 5.43 Å². The predicted octanol–water partition coefficient (Wildman–Crippen LogP) is 3.82. The molecule has 0 aliphatic heterocycles. The number of nitrogens with zero attached hydrogens (tertiary/aromatic N) is 2. The number of benzene rings is 2. The monoisotopic (exact) mass is 362 g/mol. The van der Waals surface area contributed by atoms with Gasteiger partial charge in [0.1, 0.15) is 0 Å². The van der Waals surface area contributed by atoms with E-state index in [4.69, 9.17) is 4.52 Å². The van der Waals surface area contributed by atoms with Crippen LogP contribution >= 0.6 is 0 Å². The maximum atomic E-state index is 12.9. The third-order valence-corrected chi connectivity index (χ3v) is 3.46. The number of rotatable bonds is 4. The first kappa shape index (κ1) is 17.5. The Morgan fingerprint density at radius 3 is 2.38 bits per heavy atom. The van der Waals surface area contributed by atoms with Crippen molar-refractivity contribution in [3.63, 3.8) is 0 Å². The van der Waals surface area contributed by atoms with Crippen LogP contribution in [0.5, 0.6) is 0 Å². The second-order valence-electron chi connectivity index (χ2n) is 5.35. The lowest BCUT2D eigenvalue weighted by Gasteiger charge is -2.15.